The Kier molecular flexibility index (Phi) is 2.28. The van der Waals surface area contributed by atoms with Crippen LogP contribution in [0.15, 0.2) is 6.33 Å². The monoisotopic (exact) mass is 199 g/mol. The van der Waals surface area contributed by atoms with E-state index in [-0.39, 0.29) is 0 Å². The van der Waals surface area contributed by atoms with Gasteiger partial charge in [-0.25, -0.2) is 0 Å². The van der Waals surface area contributed by atoms with Gasteiger partial charge in [-0.2, -0.15) is 0 Å². The van der Waals surface area contributed by atoms with Crippen molar-refractivity contribution in [2.75, 3.05) is 0 Å². The molecule has 1 aliphatic rings. The van der Waals surface area contributed by atoms with Gasteiger partial charge in [0, 0.05) is 6.54 Å². The SMILES string of the molecule is CC1(Cn2cnnc2CCl)CCC1. The lowest BCUT2D eigenvalue weighted by Gasteiger charge is -2.38. The van der Waals surface area contributed by atoms with Gasteiger partial charge in [-0.3, -0.25) is 0 Å². The van der Waals surface area contributed by atoms with Gasteiger partial charge in [-0.1, -0.05) is 13.3 Å². The molecule has 72 valence electrons. The van der Waals surface area contributed by atoms with E-state index in [1.807, 2.05) is 0 Å². The van der Waals surface area contributed by atoms with E-state index < -0.39 is 0 Å². The van der Waals surface area contributed by atoms with Gasteiger partial charge >= 0.3 is 0 Å². The van der Waals surface area contributed by atoms with Crippen LogP contribution in [0, 0.1) is 5.41 Å². The zero-order valence-electron chi connectivity index (χ0n) is 7.83. The van der Waals surface area contributed by atoms with Crippen molar-refractivity contribution < 1.29 is 0 Å². The van der Waals surface area contributed by atoms with Crippen LogP contribution in [0.5, 0.6) is 0 Å². The molecule has 0 aliphatic heterocycles. The predicted molar refractivity (Wildman–Crippen MR) is 51.5 cm³/mol. The second-order valence-electron chi connectivity index (χ2n) is 4.17. The zero-order valence-corrected chi connectivity index (χ0v) is 8.59. The maximum atomic E-state index is 5.74. The summed E-state index contributed by atoms with van der Waals surface area (Å²) >= 11 is 5.74. The summed E-state index contributed by atoms with van der Waals surface area (Å²) in [6.07, 6.45) is 5.76. The van der Waals surface area contributed by atoms with Crippen LogP contribution in [-0.4, -0.2) is 14.8 Å². The highest BCUT2D eigenvalue weighted by atomic mass is 35.5. The Morgan fingerprint density at radius 1 is 1.62 bits per heavy atom. The van der Waals surface area contributed by atoms with Gasteiger partial charge in [-0.05, 0) is 18.3 Å². The minimum atomic E-state index is 0.454. The zero-order chi connectivity index (χ0) is 9.31. The number of alkyl halides is 1. The summed E-state index contributed by atoms with van der Waals surface area (Å²) in [7, 11) is 0. The summed E-state index contributed by atoms with van der Waals surface area (Å²) in [5.41, 5.74) is 0.461. The van der Waals surface area contributed by atoms with Crippen molar-refractivity contribution in [3.63, 3.8) is 0 Å². The standard InChI is InChI=1S/C9H14ClN3/c1-9(3-2-4-9)6-13-7-11-12-8(13)5-10/h7H,2-6H2,1H3. The van der Waals surface area contributed by atoms with Crippen LogP contribution in [0.4, 0.5) is 0 Å². The molecule has 0 aromatic carbocycles. The van der Waals surface area contributed by atoms with E-state index in [2.05, 4.69) is 21.7 Å². The van der Waals surface area contributed by atoms with Gasteiger partial charge in [0.1, 0.15) is 12.2 Å². The summed E-state index contributed by atoms with van der Waals surface area (Å²) in [4.78, 5) is 0. The van der Waals surface area contributed by atoms with Crippen LogP contribution < -0.4 is 0 Å². The summed E-state index contributed by atoms with van der Waals surface area (Å²) in [6.45, 7) is 3.33. The van der Waals surface area contributed by atoms with Crippen molar-refractivity contribution in [3.05, 3.63) is 12.2 Å². The van der Waals surface area contributed by atoms with Crippen molar-refractivity contribution in [2.45, 2.75) is 38.6 Å². The number of rotatable bonds is 3. The Hall–Kier alpha value is -0.570. The fourth-order valence-electron chi connectivity index (χ4n) is 1.86. The van der Waals surface area contributed by atoms with Crippen LogP contribution >= 0.6 is 11.6 Å². The summed E-state index contributed by atoms with van der Waals surface area (Å²) in [6, 6.07) is 0. The van der Waals surface area contributed by atoms with Gasteiger partial charge in [0.15, 0.2) is 0 Å². The quantitative estimate of drug-likeness (QED) is 0.699. The molecule has 0 saturated heterocycles. The first kappa shape index (κ1) is 9.00. The van der Waals surface area contributed by atoms with Crippen molar-refractivity contribution in [2.24, 2.45) is 5.41 Å². The molecule has 0 atom stereocenters. The maximum absolute atomic E-state index is 5.74. The second-order valence-corrected chi connectivity index (χ2v) is 4.44. The molecule has 1 fully saturated rings. The minimum Gasteiger partial charge on any atom is -0.316 e. The smallest absolute Gasteiger partial charge is 0.147 e. The average molecular weight is 200 g/mol. The van der Waals surface area contributed by atoms with Gasteiger partial charge in [0.05, 0.1) is 5.88 Å². The summed E-state index contributed by atoms with van der Waals surface area (Å²) in [5.74, 6) is 1.34. The van der Waals surface area contributed by atoms with Crippen molar-refractivity contribution in [1.82, 2.24) is 14.8 Å². The fourth-order valence-corrected chi connectivity index (χ4v) is 2.07. The van der Waals surface area contributed by atoms with Crippen LogP contribution in [0.2, 0.25) is 0 Å². The largest absolute Gasteiger partial charge is 0.316 e. The number of hydrogen-bond acceptors (Lipinski definition) is 2. The summed E-state index contributed by atoms with van der Waals surface area (Å²) in [5, 5.41) is 7.82. The normalized spacial score (nSPS) is 19.8. The Morgan fingerprint density at radius 3 is 2.92 bits per heavy atom. The molecular weight excluding hydrogens is 186 g/mol. The number of hydrogen-bond donors (Lipinski definition) is 0. The van der Waals surface area contributed by atoms with E-state index in [0.29, 0.717) is 11.3 Å². The number of nitrogens with zero attached hydrogens (tertiary/aromatic N) is 3. The topological polar surface area (TPSA) is 30.7 Å². The molecule has 3 nitrogen and oxygen atoms in total. The minimum absolute atomic E-state index is 0.454. The molecule has 4 heteroatoms. The molecule has 1 heterocycles. The average Bonchev–Trinajstić information content (AvgIpc) is 2.49. The molecule has 0 unspecified atom stereocenters. The number of halogens is 1. The lowest BCUT2D eigenvalue weighted by Crippen LogP contribution is -2.31. The Labute approximate surface area is 83.1 Å². The molecular formula is C9H14ClN3. The molecule has 1 aromatic rings. The first-order valence-electron chi connectivity index (χ1n) is 4.66. The third kappa shape index (κ3) is 1.70. The molecule has 1 saturated carbocycles. The van der Waals surface area contributed by atoms with Gasteiger partial charge in [-0.15, -0.1) is 21.8 Å². The third-order valence-electron chi connectivity index (χ3n) is 2.93. The fraction of sp³-hybridized carbons (Fsp3) is 0.778. The summed E-state index contributed by atoms with van der Waals surface area (Å²) < 4.78 is 2.08. The number of aromatic nitrogens is 3. The van der Waals surface area contributed by atoms with Crippen molar-refractivity contribution in [1.29, 1.82) is 0 Å². The van der Waals surface area contributed by atoms with Gasteiger partial charge in [0.2, 0.25) is 0 Å². The van der Waals surface area contributed by atoms with Crippen LogP contribution in [0.1, 0.15) is 32.0 Å². The van der Waals surface area contributed by atoms with E-state index in [4.69, 9.17) is 11.6 Å². The van der Waals surface area contributed by atoms with E-state index >= 15 is 0 Å². The highest BCUT2D eigenvalue weighted by molar-refractivity contribution is 6.16. The Morgan fingerprint density at radius 2 is 2.38 bits per heavy atom. The van der Waals surface area contributed by atoms with Crippen LogP contribution in [0.25, 0.3) is 0 Å². The van der Waals surface area contributed by atoms with E-state index in [9.17, 15) is 0 Å². The Bertz CT molecular complexity index is 291. The lowest BCUT2D eigenvalue weighted by atomic mass is 9.70. The van der Waals surface area contributed by atoms with E-state index in [0.717, 1.165) is 12.4 Å². The first-order valence-corrected chi connectivity index (χ1v) is 5.20. The molecule has 0 N–H and O–H groups in total. The molecule has 0 amide bonds. The molecule has 13 heavy (non-hydrogen) atoms. The molecule has 1 aromatic heterocycles. The highest BCUT2D eigenvalue weighted by Gasteiger charge is 2.32. The second kappa shape index (κ2) is 3.29. The molecule has 0 radical (unpaired) electrons. The molecule has 2 rings (SSSR count). The van der Waals surface area contributed by atoms with Gasteiger partial charge < -0.3 is 4.57 Å². The van der Waals surface area contributed by atoms with Crippen molar-refractivity contribution >= 4 is 11.6 Å². The van der Waals surface area contributed by atoms with Crippen LogP contribution in [-0.2, 0) is 12.4 Å². The predicted octanol–water partition coefficient (Wildman–Crippen LogP) is 2.21. The van der Waals surface area contributed by atoms with E-state index in [1.165, 1.54) is 19.3 Å². The third-order valence-corrected chi connectivity index (χ3v) is 3.17. The van der Waals surface area contributed by atoms with Crippen molar-refractivity contribution in [3.8, 4) is 0 Å². The highest BCUT2D eigenvalue weighted by Crippen LogP contribution is 2.41. The molecule has 0 spiro atoms. The van der Waals surface area contributed by atoms with E-state index in [1.54, 1.807) is 6.33 Å². The van der Waals surface area contributed by atoms with Gasteiger partial charge in [0.25, 0.3) is 0 Å². The lowest BCUT2D eigenvalue weighted by molar-refractivity contribution is 0.131. The first-order chi connectivity index (χ1) is 6.23. The maximum Gasteiger partial charge on any atom is 0.147 e. The van der Waals surface area contributed by atoms with Crippen LogP contribution in [0.3, 0.4) is 0 Å². The molecule has 1 aliphatic carbocycles. The Balaban J connectivity index is 2.08. The molecule has 0 bridgehead atoms.